The van der Waals surface area contributed by atoms with Gasteiger partial charge in [-0.05, 0) is 70.9 Å². The van der Waals surface area contributed by atoms with Crippen LogP contribution in [0.3, 0.4) is 0 Å². The van der Waals surface area contributed by atoms with E-state index in [9.17, 15) is 9.59 Å². The molecule has 1 amide bonds. The van der Waals surface area contributed by atoms with Crippen LogP contribution in [0.5, 0.6) is 5.75 Å². The lowest BCUT2D eigenvalue weighted by atomic mass is 9.85. The number of nitrogens with one attached hydrogen (secondary N) is 1. The third-order valence-electron chi connectivity index (χ3n) is 7.60. The highest BCUT2D eigenvalue weighted by atomic mass is 79.9. The molecule has 0 bridgehead atoms. The number of carbonyl (C=O) groups excluding carboxylic acids is 2. The van der Waals surface area contributed by atoms with Crippen LogP contribution in [0.2, 0.25) is 0 Å². The average molecular weight is 545 g/mol. The number of nitrogen functional groups attached to an aromatic ring is 1. The molecule has 2 saturated carbocycles. The number of aromatic nitrogens is 4. The monoisotopic (exact) mass is 544 g/mol. The van der Waals surface area contributed by atoms with E-state index in [-0.39, 0.29) is 17.6 Å². The van der Waals surface area contributed by atoms with Crippen molar-refractivity contribution in [3.63, 3.8) is 0 Å². The molecule has 36 heavy (non-hydrogen) atoms. The first-order valence-corrected chi connectivity index (χ1v) is 12.6. The fourth-order valence-electron chi connectivity index (χ4n) is 5.93. The van der Waals surface area contributed by atoms with Gasteiger partial charge in [0.05, 0.1) is 11.1 Å². The number of ether oxygens (including phenoxy) is 1. The van der Waals surface area contributed by atoms with E-state index < -0.39 is 18.1 Å². The molecular formula is C26H21BrN6O3. The zero-order valence-electron chi connectivity index (χ0n) is 19.0. The third-order valence-corrected chi connectivity index (χ3v) is 8.04. The van der Waals surface area contributed by atoms with Gasteiger partial charge in [-0.25, -0.2) is 15.0 Å². The van der Waals surface area contributed by atoms with Crippen LogP contribution in [0.15, 0.2) is 59.5 Å². The van der Waals surface area contributed by atoms with Crippen molar-refractivity contribution in [1.29, 1.82) is 0 Å². The Morgan fingerprint density at radius 2 is 1.97 bits per heavy atom. The Hall–Kier alpha value is -3.79. The Labute approximate surface area is 214 Å². The molecule has 180 valence electrons. The summed E-state index contributed by atoms with van der Waals surface area (Å²) in [6.45, 7) is 0. The summed E-state index contributed by atoms with van der Waals surface area (Å²) >= 11 is 3.33. The molecule has 4 heterocycles. The molecule has 0 radical (unpaired) electrons. The van der Waals surface area contributed by atoms with E-state index in [0.29, 0.717) is 45.4 Å². The Balaban J connectivity index is 1.28. The van der Waals surface area contributed by atoms with Gasteiger partial charge in [-0.15, -0.1) is 0 Å². The molecule has 1 aromatic carbocycles. The van der Waals surface area contributed by atoms with Crippen molar-refractivity contribution < 1.29 is 14.3 Å². The highest BCUT2D eigenvalue weighted by Crippen LogP contribution is 2.59. The number of halogens is 1. The van der Waals surface area contributed by atoms with Crippen LogP contribution in [0.25, 0.3) is 22.3 Å². The number of nitrogens with zero attached hydrogens (tertiary/aromatic N) is 4. The molecule has 5 atom stereocenters. The van der Waals surface area contributed by atoms with Gasteiger partial charge >= 0.3 is 0 Å². The predicted molar refractivity (Wildman–Crippen MR) is 136 cm³/mol. The Morgan fingerprint density at radius 1 is 1.11 bits per heavy atom. The molecule has 4 aromatic rings. The lowest BCUT2D eigenvalue weighted by molar-refractivity contribution is -0.139. The molecule has 10 heteroatoms. The summed E-state index contributed by atoms with van der Waals surface area (Å²) in [5.41, 5.74) is 8.34. The van der Waals surface area contributed by atoms with Gasteiger partial charge in [0.25, 0.3) is 0 Å². The Bertz CT molecular complexity index is 1570. The first-order chi connectivity index (χ1) is 17.5. The lowest BCUT2D eigenvalue weighted by Gasteiger charge is -2.31. The number of ketones is 1. The minimum atomic E-state index is -0.953. The lowest BCUT2D eigenvalue weighted by Crippen LogP contribution is -2.39. The molecular weight excluding hydrogens is 524 g/mol. The van der Waals surface area contributed by atoms with Crippen LogP contribution in [0.1, 0.15) is 19.1 Å². The van der Waals surface area contributed by atoms with Crippen molar-refractivity contribution in [2.75, 3.05) is 11.1 Å². The normalized spacial score (nSPS) is 25.4. The number of fused-ring (bicyclic) bond motifs is 6. The molecule has 0 spiro atoms. The van der Waals surface area contributed by atoms with Gasteiger partial charge in [-0.1, -0.05) is 18.2 Å². The first kappa shape index (κ1) is 21.5. The maximum Gasteiger partial charge on any atom is 0.237 e. The number of hydrogen-bond acceptors (Lipinski definition) is 7. The highest BCUT2D eigenvalue weighted by Gasteiger charge is 2.60. The molecule has 9 nitrogen and oxygen atoms in total. The minimum absolute atomic E-state index is 0.118. The minimum Gasteiger partial charge on any atom is -0.462 e. The van der Waals surface area contributed by atoms with Gasteiger partial charge in [0.2, 0.25) is 12.1 Å². The van der Waals surface area contributed by atoms with E-state index in [4.69, 9.17) is 10.5 Å². The number of amides is 1. The number of pyridine rings is 1. The van der Waals surface area contributed by atoms with E-state index in [1.54, 1.807) is 22.8 Å². The zero-order chi connectivity index (χ0) is 24.6. The molecule has 3 N–H and O–H groups in total. The quantitative estimate of drug-likeness (QED) is 0.368. The van der Waals surface area contributed by atoms with E-state index >= 15 is 0 Å². The summed E-state index contributed by atoms with van der Waals surface area (Å²) in [4.78, 5) is 40.4. The summed E-state index contributed by atoms with van der Waals surface area (Å²) in [6, 6.07) is 14.8. The van der Waals surface area contributed by atoms with Crippen LogP contribution < -0.4 is 15.8 Å². The summed E-state index contributed by atoms with van der Waals surface area (Å²) in [5.74, 6) is 0.744. The second-order valence-corrected chi connectivity index (χ2v) is 10.4. The molecule has 7 rings (SSSR count). The predicted octanol–water partition coefficient (Wildman–Crippen LogP) is 4.21. The Morgan fingerprint density at radius 3 is 2.83 bits per heavy atom. The van der Waals surface area contributed by atoms with E-state index in [1.807, 2.05) is 30.3 Å². The molecule has 3 aromatic heterocycles. The van der Waals surface area contributed by atoms with Gasteiger partial charge in [0, 0.05) is 17.4 Å². The number of carbonyl (C=O) groups is 2. The van der Waals surface area contributed by atoms with Gasteiger partial charge in [-0.3, -0.25) is 14.2 Å². The van der Waals surface area contributed by atoms with E-state index in [0.717, 1.165) is 17.7 Å². The molecule has 2 aliphatic carbocycles. The van der Waals surface area contributed by atoms with Crippen LogP contribution in [-0.4, -0.2) is 31.2 Å². The number of hydrogen-bond donors (Lipinski definition) is 2. The summed E-state index contributed by atoms with van der Waals surface area (Å²) < 4.78 is 8.76. The molecule has 2 unspecified atom stereocenters. The smallest absolute Gasteiger partial charge is 0.237 e. The summed E-state index contributed by atoms with van der Waals surface area (Å²) in [5, 5.41) is 3.57. The SMILES string of the molecule is Nc1ncnc2c1cc1n2C(C(=O)C2[C@@H](C(=O)Nc3cccc(Br)n3)C[C@@H]3C[C@H]23)Oc2ccccc2-1. The maximum absolute atomic E-state index is 14.2. The zero-order valence-corrected chi connectivity index (χ0v) is 20.6. The van der Waals surface area contributed by atoms with Gasteiger partial charge < -0.3 is 15.8 Å². The summed E-state index contributed by atoms with van der Waals surface area (Å²) in [6.07, 6.45) is 2.07. The van der Waals surface area contributed by atoms with Crippen LogP contribution in [-0.2, 0) is 9.59 Å². The number of nitrogens with two attached hydrogens (primary N) is 1. The van der Waals surface area contributed by atoms with Crippen molar-refractivity contribution in [1.82, 2.24) is 19.5 Å². The van der Waals surface area contributed by atoms with Gasteiger partial charge in [0.1, 0.15) is 34.0 Å². The highest BCUT2D eigenvalue weighted by molar-refractivity contribution is 9.10. The maximum atomic E-state index is 14.2. The standard InChI is InChI=1S/C26H21BrN6O3/c27-19-6-3-7-20(31-19)32-25(35)15-9-12-8-14(12)21(15)22(34)26-33-17(13-4-1-2-5-18(13)36-26)10-16-23(28)29-11-30-24(16)33/h1-7,10-12,14-15,21,26H,8-9H2,(H2,28,29,30)(H,31,32,35)/t12-,14-,15-,21?,26?/m0/s1. The molecule has 1 aliphatic heterocycles. The third kappa shape index (κ3) is 3.24. The molecule has 3 aliphatic rings. The number of para-hydroxylation sites is 1. The molecule has 0 saturated heterocycles. The second-order valence-electron chi connectivity index (χ2n) is 9.63. The van der Waals surface area contributed by atoms with Crippen molar-refractivity contribution >= 4 is 50.3 Å². The van der Waals surface area contributed by atoms with E-state index in [1.165, 1.54) is 6.33 Å². The molecule has 2 fully saturated rings. The largest absolute Gasteiger partial charge is 0.462 e. The number of anilines is 2. The van der Waals surface area contributed by atoms with Gasteiger partial charge in [0.15, 0.2) is 5.78 Å². The Kier molecular flexibility index (Phi) is 4.69. The van der Waals surface area contributed by atoms with E-state index in [2.05, 4.69) is 36.2 Å². The van der Waals surface area contributed by atoms with Crippen LogP contribution in [0, 0.1) is 23.7 Å². The average Bonchev–Trinajstić information content (AvgIpc) is 3.35. The number of benzene rings is 1. The second kappa shape index (κ2) is 7.86. The van der Waals surface area contributed by atoms with Gasteiger partial charge in [-0.2, -0.15) is 0 Å². The number of rotatable bonds is 4. The van der Waals surface area contributed by atoms with Crippen LogP contribution in [0.4, 0.5) is 11.6 Å². The van der Waals surface area contributed by atoms with Crippen molar-refractivity contribution in [2.45, 2.75) is 19.1 Å². The van der Waals surface area contributed by atoms with Crippen molar-refractivity contribution in [3.05, 3.63) is 59.5 Å². The fourth-order valence-corrected chi connectivity index (χ4v) is 6.27. The number of Topliss-reactive ketones (excluding diaryl/α,β-unsaturated/α-hetero) is 1. The van der Waals surface area contributed by atoms with Crippen molar-refractivity contribution in [2.24, 2.45) is 23.7 Å². The van der Waals surface area contributed by atoms with Crippen molar-refractivity contribution in [3.8, 4) is 17.0 Å². The summed E-state index contributed by atoms with van der Waals surface area (Å²) in [7, 11) is 0. The first-order valence-electron chi connectivity index (χ1n) is 11.8. The fraction of sp³-hybridized carbons (Fsp3) is 0.269. The topological polar surface area (TPSA) is 125 Å². The van der Waals surface area contributed by atoms with Crippen LogP contribution >= 0.6 is 15.9 Å².